The maximum Gasteiger partial charge on any atom is 0.338 e. The van der Waals surface area contributed by atoms with Crippen molar-refractivity contribution in [2.24, 2.45) is 4.99 Å². The maximum absolute atomic E-state index is 14.0. The lowest BCUT2D eigenvalue weighted by atomic mass is 9.95. The van der Waals surface area contributed by atoms with Gasteiger partial charge in [-0.1, -0.05) is 17.4 Å². The van der Waals surface area contributed by atoms with E-state index >= 15 is 0 Å². The first-order chi connectivity index (χ1) is 20.0. The predicted molar refractivity (Wildman–Crippen MR) is 166 cm³/mol. The Morgan fingerprint density at radius 2 is 1.74 bits per heavy atom. The number of esters is 1. The minimum absolute atomic E-state index is 0.0498. The molecule has 0 bridgehead atoms. The summed E-state index contributed by atoms with van der Waals surface area (Å²) in [6.07, 6.45) is 1.66. The van der Waals surface area contributed by atoms with E-state index in [0.717, 1.165) is 5.56 Å². The fourth-order valence-electron chi connectivity index (χ4n) is 4.64. The number of ether oxygens (including phenoxy) is 5. The molecule has 0 N–H and O–H groups in total. The van der Waals surface area contributed by atoms with Crippen molar-refractivity contribution in [2.45, 2.75) is 59.8 Å². The first kappa shape index (κ1) is 31.4. The van der Waals surface area contributed by atoms with Crippen molar-refractivity contribution in [2.75, 3.05) is 20.8 Å². The van der Waals surface area contributed by atoms with Crippen molar-refractivity contribution in [3.63, 3.8) is 0 Å². The first-order valence-corrected chi connectivity index (χ1v) is 15.2. The van der Waals surface area contributed by atoms with Crippen molar-refractivity contribution in [3.8, 4) is 23.0 Å². The van der Waals surface area contributed by atoms with Gasteiger partial charge in [0.2, 0.25) is 0 Å². The SMILES string of the molecule is CCOC(=O)C1=C(C)N=c2s/c(=C/c3cc(Br)c(OC(C)C)c(OC)c3)c(=O)n2[C@H]1c1ccc(OC(C)C)c(OC)c1. The number of allylic oxidation sites excluding steroid dienone is 1. The largest absolute Gasteiger partial charge is 0.493 e. The number of methoxy groups -OCH3 is 2. The molecule has 0 unspecified atom stereocenters. The molecule has 9 nitrogen and oxygen atoms in total. The Morgan fingerprint density at radius 3 is 2.36 bits per heavy atom. The summed E-state index contributed by atoms with van der Waals surface area (Å²) in [7, 11) is 3.12. The summed E-state index contributed by atoms with van der Waals surface area (Å²) in [6, 6.07) is 8.29. The highest BCUT2D eigenvalue weighted by atomic mass is 79.9. The predicted octanol–water partition coefficient (Wildman–Crippen LogP) is 5.15. The summed E-state index contributed by atoms with van der Waals surface area (Å²) in [6.45, 7) is 11.4. The minimum atomic E-state index is -0.785. The van der Waals surface area contributed by atoms with Gasteiger partial charge in [-0.15, -0.1) is 0 Å². The number of thiazole rings is 1. The van der Waals surface area contributed by atoms with Gasteiger partial charge in [-0.05, 0) is 98.9 Å². The molecule has 1 aliphatic rings. The van der Waals surface area contributed by atoms with Gasteiger partial charge in [0, 0.05) is 0 Å². The van der Waals surface area contributed by atoms with Crippen molar-refractivity contribution < 1.29 is 28.5 Å². The Kier molecular flexibility index (Phi) is 9.83. The molecular weight excluding hydrogens is 624 g/mol. The second-order valence-electron chi connectivity index (χ2n) is 10.1. The zero-order valence-electron chi connectivity index (χ0n) is 24.9. The zero-order valence-corrected chi connectivity index (χ0v) is 27.3. The van der Waals surface area contributed by atoms with E-state index in [0.29, 0.717) is 48.1 Å². The number of carbonyl (C=O) groups is 1. The van der Waals surface area contributed by atoms with Crippen LogP contribution in [0, 0.1) is 0 Å². The molecule has 0 radical (unpaired) electrons. The number of hydrogen-bond donors (Lipinski definition) is 0. The van der Waals surface area contributed by atoms with Crippen molar-refractivity contribution >= 4 is 39.3 Å². The minimum Gasteiger partial charge on any atom is -0.493 e. The number of benzene rings is 2. The molecule has 0 aliphatic carbocycles. The molecule has 0 saturated heterocycles. The van der Waals surface area contributed by atoms with Crippen LogP contribution in [-0.2, 0) is 9.53 Å². The van der Waals surface area contributed by atoms with Crippen molar-refractivity contribution in [1.29, 1.82) is 0 Å². The van der Waals surface area contributed by atoms with Crippen molar-refractivity contribution in [1.82, 2.24) is 4.57 Å². The van der Waals surface area contributed by atoms with E-state index in [2.05, 4.69) is 20.9 Å². The molecule has 11 heteroatoms. The van der Waals surface area contributed by atoms with E-state index < -0.39 is 12.0 Å². The molecule has 1 aliphatic heterocycles. The van der Waals surface area contributed by atoms with Gasteiger partial charge in [-0.3, -0.25) is 9.36 Å². The lowest BCUT2D eigenvalue weighted by molar-refractivity contribution is -0.139. The monoisotopic (exact) mass is 658 g/mol. The summed E-state index contributed by atoms with van der Waals surface area (Å²) in [4.78, 5) is 32.4. The van der Waals surface area contributed by atoms with Gasteiger partial charge < -0.3 is 23.7 Å². The average Bonchev–Trinajstić information content (AvgIpc) is 3.23. The number of fused-ring (bicyclic) bond motifs is 1. The molecule has 2 aromatic carbocycles. The van der Waals surface area contributed by atoms with Gasteiger partial charge in [0.1, 0.15) is 0 Å². The van der Waals surface area contributed by atoms with Gasteiger partial charge in [0.15, 0.2) is 27.8 Å². The molecule has 4 rings (SSSR count). The van der Waals surface area contributed by atoms with Gasteiger partial charge in [0.05, 0.1) is 59.4 Å². The summed E-state index contributed by atoms with van der Waals surface area (Å²) in [5.41, 5.74) is 1.86. The highest BCUT2D eigenvalue weighted by Gasteiger charge is 2.34. The third-order valence-electron chi connectivity index (χ3n) is 6.29. The topological polar surface area (TPSA) is 97.6 Å². The summed E-state index contributed by atoms with van der Waals surface area (Å²) < 4.78 is 31.1. The molecule has 0 amide bonds. The van der Waals surface area contributed by atoms with Gasteiger partial charge in [-0.2, -0.15) is 0 Å². The Balaban J connectivity index is 1.92. The number of carbonyl (C=O) groups excluding carboxylic acids is 1. The molecular formula is C31H35BrN2O7S. The second-order valence-corrected chi connectivity index (χ2v) is 11.9. The highest BCUT2D eigenvalue weighted by molar-refractivity contribution is 9.10. The van der Waals surface area contributed by atoms with Gasteiger partial charge in [-0.25, -0.2) is 9.79 Å². The fraction of sp³-hybridized carbons (Fsp3) is 0.387. The summed E-state index contributed by atoms with van der Waals surface area (Å²) in [5.74, 6) is 1.63. The van der Waals surface area contributed by atoms with E-state index in [-0.39, 0.29) is 29.9 Å². The third kappa shape index (κ3) is 6.42. The van der Waals surface area contributed by atoms with Crippen LogP contribution in [0.2, 0.25) is 0 Å². The Labute approximate surface area is 257 Å². The van der Waals surface area contributed by atoms with Crippen LogP contribution < -0.4 is 33.8 Å². The number of nitrogens with zero attached hydrogens (tertiary/aromatic N) is 2. The lowest BCUT2D eigenvalue weighted by Gasteiger charge is -2.25. The normalized spacial score (nSPS) is 15.0. The lowest BCUT2D eigenvalue weighted by Crippen LogP contribution is -2.40. The summed E-state index contributed by atoms with van der Waals surface area (Å²) in [5, 5.41) is 0. The van der Waals surface area contributed by atoms with Crippen LogP contribution >= 0.6 is 27.3 Å². The molecule has 0 saturated carbocycles. The molecule has 42 heavy (non-hydrogen) atoms. The van der Waals surface area contributed by atoms with Crippen LogP contribution in [0.4, 0.5) is 0 Å². The molecule has 0 spiro atoms. The molecule has 2 heterocycles. The Morgan fingerprint density at radius 1 is 1.05 bits per heavy atom. The van der Waals surface area contributed by atoms with E-state index in [1.807, 2.05) is 45.9 Å². The Hall–Kier alpha value is -3.57. The molecule has 224 valence electrons. The molecule has 3 aromatic rings. The van der Waals surface area contributed by atoms with Crippen LogP contribution in [0.25, 0.3) is 6.08 Å². The zero-order chi connectivity index (χ0) is 30.7. The molecule has 1 aromatic heterocycles. The molecule has 1 atom stereocenters. The van der Waals surface area contributed by atoms with Crippen LogP contribution in [0.3, 0.4) is 0 Å². The Bertz CT molecular complexity index is 1700. The van der Waals surface area contributed by atoms with Gasteiger partial charge >= 0.3 is 5.97 Å². The van der Waals surface area contributed by atoms with Gasteiger partial charge in [0.25, 0.3) is 5.56 Å². The van der Waals surface area contributed by atoms with E-state index in [4.69, 9.17) is 23.7 Å². The van der Waals surface area contributed by atoms with Crippen LogP contribution in [0.15, 0.2) is 55.9 Å². The number of halogens is 1. The standard InChI is InChI=1S/C31H35BrN2O7S/c1-9-39-30(36)26-18(6)33-31-34(27(26)20-10-11-22(40-16(2)3)23(15-20)37-7)29(35)25(42-31)14-19-12-21(32)28(41-17(4)5)24(13-19)38-8/h10-17,27H,9H2,1-8H3/b25-14+/t27-/m0/s1. The second kappa shape index (κ2) is 13.2. The van der Waals surface area contributed by atoms with E-state index in [9.17, 15) is 9.59 Å². The average molecular weight is 660 g/mol. The first-order valence-electron chi connectivity index (χ1n) is 13.6. The molecule has 0 fully saturated rings. The fourth-order valence-corrected chi connectivity index (χ4v) is 6.24. The number of aromatic nitrogens is 1. The van der Waals surface area contributed by atoms with Crippen LogP contribution in [-0.4, -0.2) is 43.6 Å². The van der Waals surface area contributed by atoms with Crippen LogP contribution in [0.1, 0.15) is 58.7 Å². The maximum atomic E-state index is 14.0. The van der Waals surface area contributed by atoms with Crippen molar-refractivity contribution in [3.05, 3.63) is 76.9 Å². The third-order valence-corrected chi connectivity index (χ3v) is 7.86. The van der Waals surface area contributed by atoms with E-state index in [1.54, 1.807) is 46.3 Å². The van der Waals surface area contributed by atoms with E-state index in [1.165, 1.54) is 15.9 Å². The summed E-state index contributed by atoms with van der Waals surface area (Å²) >= 11 is 4.81. The smallest absolute Gasteiger partial charge is 0.338 e. The number of rotatable bonds is 10. The van der Waals surface area contributed by atoms with Crippen LogP contribution in [0.5, 0.6) is 23.0 Å². The number of hydrogen-bond acceptors (Lipinski definition) is 9. The highest BCUT2D eigenvalue weighted by Crippen LogP contribution is 2.38. The quantitative estimate of drug-likeness (QED) is 0.278.